The summed E-state index contributed by atoms with van der Waals surface area (Å²) in [5.74, 6) is 0.920. The first-order valence-electron chi connectivity index (χ1n) is 6.45. The molecule has 0 aliphatic carbocycles. The molecular formula is C16H18INO. The van der Waals surface area contributed by atoms with Crippen LogP contribution in [0.4, 0.5) is 0 Å². The Kier molecular flexibility index (Phi) is 5.66. The Morgan fingerprint density at radius 1 is 1.05 bits per heavy atom. The molecule has 100 valence electrons. The first kappa shape index (κ1) is 14.3. The SMILES string of the molecule is CCNCc1ccc(COc2cccc(I)c2)cc1. The average Bonchev–Trinajstić information content (AvgIpc) is 2.44. The number of hydrogen-bond acceptors (Lipinski definition) is 2. The van der Waals surface area contributed by atoms with Crippen molar-refractivity contribution in [3.63, 3.8) is 0 Å². The molecule has 0 saturated carbocycles. The standard InChI is InChI=1S/C16H18INO/c1-2-18-11-13-6-8-14(9-7-13)12-19-16-5-3-4-15(17)10-16/h3-10,18H,2,11-12H2,1H3. The Bertz CT molecular complexity index is 510. The number of ether oxygens (including phenoxy) is 1. The van der Waals surface area contributed by atoms with Crippen molar-refractivity contribution in [1.29, 1.82) is 0 Å². The quantitative estimate of drug-likeness (QED) is 0.780. The lowest BCUT2D eigenvalue weighted by Crippen LogP contribution is -2.11. The van der Waals surface area contributed by atoms with Gasteiger partial charge in [0, 0.05) is 10.1 Å². The number of rotatable bonds is 6. The van der Waals surface area contributed by atoms with Crippen LogP contribution in [0.5, 0.6) is 5.75 Å². The largest absolute Gasteiger partial charge is 0.489 e. The van der Waals surface area contributed by atoms with Gasteiger partial charge in [-0.1, -0.05) is 37.3 Å². The summed E-state index contributed by atoms with van der Waals surface area (Å²) in [5, 5.41) is 3.32. The lowest BCUT2D eigenvalue weighted by molar-refractivity contribution is 0.306. The van der Waals surface area contributed by atoms with Crippen LogP contribution in [-0.4, -0.2) is 6.54 Å². The minimum Gasteiger partial charge on any atom is -0.489 e. The van der Waals surface area contributed by atoms with E-state index in [9.17, 15) is 0 Å². The van der Waals surface area contributed by atoms with Crippen molar-refractivity contribution in [2.45, 2.75) is 20.1 Å². The van der Waals surface area contributed by atoms with Crippen molar-refractivity contribution in [3.8, 4) is 5.75 Å². The lowest BCUT2D eigenvalue weighted by atomic mass is 10.1. The van der Waals surface area contributed by atoms with E-state index in [1.165, 1.54) is 14.7 Å². The van der Waals surface area contributed by atoms with Crippen molar-refractivity contribution in [1.82, 2.24) is 5.32 Å². The van der Waals surface area contributed by atoms with Gasteiger partial charge in [-0.2, -0.15) is 0 Å². The van der Waals surface area contributed by atoms with Crippen LogP contribution in [0.2, 0.25) is 0 Å². The highest BCUT2D eigenvalue weighted by molar-refractivity contribution is 14.1. The molecule has 0 aliphatic rings. The molecule has 0 heterocycles. The van der Waals surface area contributed by atoms with Crippen molar-refractivity contribution >= 4 is 22.6 Å². The Labute approximate surface area is 128 Å². The Balaban J connectivity index is 1.89. The maximum Gasteiger partial charge on any atom is 0.120 e. The van der Waals surface area contributed by atoms with E-state index in [1.807, 2.05) is 18.2 Å². The molecule has 0 fully saturated rings. The van der Waals surface area contributed by atoms with Crippen molar-refractivity contribution < 1.29 is 4.74 Å². The van der Waals surface area contributed by atoms with Gasteiger partial charge in [0.1, 0.15) is 12.4 Å². The van der Waals surface area contributed by atoms with E-state index in [4.69, 9.17) is 4.74 Å². The molecule has 0 spiro atoms. The molecule has 1 N–H and O–H groups in total. The van der Waals surface area contributed by atoms with E-state index in [1.54, 1.807) is 0 Å². The van der Waals surface area contributed by atoms with Gasteiger partial charge in [-0.25, -0.2) is 0 Å². The van der Waals surface area contributed by atoms with Crippen LogP contribution in [-0.2, 0) is 13.2 Å². The Morgan fingerprint density at radius 2 is 1.79 bits per heavy atom. The van der Waals surface area contributed by atoms with Gasteiger partial charge in [0.15, 0.2) is 0 Å². The van der Waals surface area contributed by atoms with Gasteiger partial charge in [-0.05, 0) is 58.5 Å². The first-order valence-corrected chi connectivity index (χ1v) is 7.52. The van der Waals surface area contributed by atoms with Gasteiger partial charge in [-0.3, -0.25) is 0 Å². The summed E-state index contributed by atoms with van der Waals surface area (Å²) < 4.78 is 6.96. The maximum absolute atomic E-state index is 5.77. The second-order valence-corrected chi connectivity index (χ2v) is 5.59. The van der Waals surface area contributed by atoms with Crippen molar-refractivity contribution in [3.05, 3.63) is 63.2 Å². The minimum absolute atomic E-state index is 0.613. The van der Waals surface area contributed by atoms with E-state index >= 15 is 0 Å². The van der Waals surface area contributed by atoms with Crippen LogP contribution in [0.3, 0.4) is 0 Å². The zero-order valence-electron chi connectivity index (χ0n) is 11.0. The van der Waals surface area contributed by atoms with Crippen LogP contribution in [0.1, 0.15) is 18.1 Å². The van der Waals surface area contributed by atoms with Gasteiger partial charge in [0.25, 0.3) is 0 Å². The smallest absolute Gasteiger partial charge is 0.120 e. The highest BCUT2D eigenvalue weighted by Crippen LogP contribution is 2.16. The van der Waals surface area contributed by atoms with E-state index in [0.29, 0.717) is 6.61 Å². The molecule has 0 radical (unpaired) electrons. The monoisotopic (exact) mass is 367 g/mol. The molecule has 2 rings (SSSR count). The summed E-state index contributed by atoms with van der Waals surface area (Å²) in [5.41, 5.74) is 2.50. The normalized spacial score (nSPS) is 10.4. The molecule has 0 bridgehead atoms. The molecule has 19 heavy (non-hydrogen) atoms. The molecule has 0 amide bonds. The van der Waals surface area contributed by atoms with Crippen LogP contribution >= 0.6 is 22.6 Å². The highest BCUT2D eigenvalue weighted by Gasteiger charge is 1.98. The van der Waals surface area contributed by atoms with E-state index in [0.717, 1.165) is 18.8 Å². The summed E-state index contributed by atoms with van der Waals surface area (Å²) >= 11 is 2.29. The molecule has 0 saturated heterocycles. The topological polar surface area (TPSA) is 21.3 Å². The van der Waals surface area contributed by atoms with Crippen LogP contribution < -0.4 is 10.1 Å². The molecule has 2 nitrogen and oxygen atoms in total. The lowest BCUT2D eigenvalue weighted by Gasteiger charge is -2.08. The molecule has 3 heteroatoms. The fourth-order valence-electron chi connectivity index (χ4n) is 1.75. The van der Waals surface area contributed by atoms with Crippen LogP contribution in [0, 0.1) is 3.57 Å². The Morgan fingerprint density at radius 3 is 2.47 bits per heavy atom. The van der Waals surface area contributed by atoms with Gasteiger partial charge in [0.2, 0.25) is 0 Å². The van der Waals surface area contributed by atoms with Gasteiger partial charge >= 0.3 is 0 Å². The molecule has 0 atom stereocenters. The zero-order valence-corrected chi connectivity index (χ0v) is 13.2. The average molecular weight is 367 g/mol. The number of benzene rings is 2. The predicted molar refractivity (Wildman–Crippen MR) is 87.3 cm³/mol. The number of nitrogens with one attached hydrogen (secondary N) is 1. The summed E-state index contributed by atoms with van der Waals surface area (Å²) in [7, 11) is 0. The second-order valence-electron chi connectivity index (χ2n) is 4.34. The maximum atomic E-state index is 5.77. The number of halogens is 1. The van der Waals surface area contributed by atoms with E-state index in [2.05, 4.69) is 65.2 Å². The summed E-state index contributed by atoms with van der Waals surface area (Å²) in [6.07, 6.45) is 0. The van der Waals surface area contributed by atoms with Gasteiger partial charge in [-0.15, -0.1) is 0 Å². The third kappa shape index (κ3) is 4.84. The van der Waals surface area contributed by atoms with Crippen molar-refractivity contribution in [2.75, 3.05) is 6.54 Å². The molecule has 0 aromatic heterocycles. The molecule has 2 aromatic rings. The van der Waals surface area contributed by atoms with Crippen LogP contribution in [0.25, 0.3) is 0 Å². The Hall–Kier alpha value is -1.07. The minimum atomic E-state index is 0.613. The van der Waals surface area contributed by atoms with E-state index < -0.39 is 0 Å². The third-order valence-electron chi connectivity index (χ3n) is 2.80. The highest BCUT2D eigenvalue weighted by atomic mass is 127. The summed E-state index contributed by atoms with van der Waals surface area (Å²) in [6.45, 7) is 4.65. The fraction of sp³-hybridized carbons (Fsp3) is 0.250. The molecule has 2 aromatic carbocycles. The van der Waals surface area contributed by atoms with Crippen molar-refractivity contribution in [2.24, 2.45) is 0 Å². The second kappa shape index (κ2) is 7.50. The zero-order chi connectivity index (χ0) is 13.5. The molecular weight excluding hydrogens is 349 g/mol. The predicted octanol–water partition coefficient (Wildman–Crippen LogP) is 3.98. The molecule has 0 unspecified atom stereocenters. The van der Waals surface area contributed by atoms with Gasteiger partial charge in [0.05, 0.1) is 0 Å². The van der Waals surface area contributed by atoms with E-state index in [-0.39, 0.29) is 0 Å². The molecule has 0 aliphatic heterocycles. The summed E-state index contributed by atoms with van der Waals surface area (Å²) in [4.78, 5) is 0. The summed E-state index contributed by atoms with van der Waals surface area (Å²) in [6, 6.07) is 16.6. The van der Waals surface area contributed by atoms with Crippen LogP contribution in [0.15, 0.2) is 48.5 Å². The van der Waals surface area contributed by atoms with Gasteiger partial charge < -0.3 is 10.1 Å². The first-order chi connectivity index (χ1) is 9.28. The third-order valence-corrected chi connectivity index (χ3v) is 3.47. The fourth-order valence-corrected chi connectivity index (χ4v) is 2.26. The number of hydrogen-bond donors (Lipinski definition) is 1.